The van der Waals surface area contributed by atoms with Crippen molar-refractivity contribution < 1.29 is 36.1 Å². The van der Waals surface area contributed by atoms with Crippen molar-refractivity contribution in [2.24, 2.45) is 5.34 Å². The Morgan fingerprint density at radius 1 is 1.13 bits per heavy atom. The molecule has 0 aliphatic heterocycles. The van der Waals surface area contributed by atoms with Crippen LogP contribution in [0.3, 0.4) is 0 Å². The molecule has 0 aromatic heterocycles. The van der Waals surface area contributed by atoms with Gasteiger partial charge in [-0.3, -0.25) is 15.0 Å². The summed E-state index contributed by atoms with van der Waals surface area (Å²) in [5.41, 5.74) is 0. The maximum absolute atomic E-state index is 12.5. The lowest BCUT2D eigenvalue weighted by Gasteiger charge is -2.24. The molecule has 0 bridgehead atoms. The lowest BCUT2D eigenvalue weighted by atomic mass is 10.2. The first-order valence-corrected chi connectivity index (χ1v) is 2.79. The van der Waals surface area contributed by atoms with Crippen molar-refractivity contribution in [3.63, 3.8) is 0 Å². The van der Waals surface area contributed by atoms with Gasteiger partial charge in [-0.1, -0.05) is 0 Å². The van der Waals surface area contributed by atoms with Gasteiger partial charge in [-0.15, -0.1) is 13.7 Å². The average molecular weight is 242 g/mol. The minimum Gasteiger partial charge on any atom is -0.298 e. The molecule has 0 amide bonds. The highest BCUT2D eigenvalue weighted by atomic mass is 19.4. The zero-order valence-corrected chi connectivity index (χ0v) is 6.30. The van der Waals surface area contributed by atoms with Crippen LogP contribution in [0, 0.1) is 15.0 Å². The van der Waals surface area contributed by atoms with E-state index in [9.17, 15) is 36.5 Å². The van der Waals surface area contributed by atoms with Crippen LogP contribution in [0.4, 0.5) is 26.3 Å². The van der Waals surface area contributed by atoms with Crippen LogP contribution in [0.5, 0.6) is 0 Å². The second kappa shape index (κ2) is 3.51. The fraction of sp³-hybridized carbons (Fsp3) is 1.00. The lowest BCUT2D eigenvalue weighted by molar-refractivity contribution is -0.695. The number of hydrogen-bond acceptors (Lipinski definition) is 5. The van der Waals surface area contributed by atoms with Gasteiger partial charge in [-0.05, 0) is 0 Å². The van der Waals surface area contributed by atoms with Crippen LogP contribution in [0.25, 0.3) is 0 Å². The van der Waals surface area contributed by atoms with Crippen LogP contribution < -0.4 is 0 Å². The van der Waals surface area contributed by atoms with E-state index in [4.69, 9.17) is 4.91 Å². The second-order valence-electron chi connectivity index (χ2n) is 2.06. The first-order valence-electron chi connectivity index (χ1n) is 2.79. The predicted molar refractivity (Wildman–Crippen MR) is 28.7 cm³/mol. The van der Waals surface area contributed by atoms with Crippen molar-refractivity contribution in [2.45, 2.75) is 18.1 Å². The van der Waals surface area contributed by atoms with Gasteiger partial charge in [0.05, 0.1) is 0 Å². The number of rotatable bonds is 4. The normalized spacial score (nSPS) is 16.7. The SMILES string of the molecule is O=NOC(F)(C(F)(F)F)C(F)(F)[N+](=O)[O-]. The predicted octanol–water partition coefficient (Wildman–Crippen LogP) is 1.78. The molecule has 0 fully saturated rings. The highest BCUT2D eigenvalue weighted by Crippen LogP contribution is 2.46. The van der Waals surface area contributed by atoms with E-state index in [1.807, 2.05) is 0 Å². The third-order valence-electron chi connectivity index (χ3n) is 1.14. The minimum atomic E-state index is -6.50. The molecule has 15 heavy (non-hydrogen) atoms. The van der Waals surface area contributed by atoms with Crippen molar-refractivity contribution in [3.05, 3.63) is 15.0 Å². The summed E-state index contributed by atoms with van der Waals surface area (Å²) in [5.74, 6) is -6.11. The summed E-state index contributed by atoms with van der Waals surface area (Å²) in [6, 6.07) is -6.20. The number of alkyl halides is 6. The molecule has 0 aromatic carbocycles. The fourth-order valence-corrected chi connectivity index (χ4v) is 0.446. The van der Waals surface area contributed by atoms with Crippen LogP contribution >= 0.6 is 0 Å². The zero-order valence-electron chi connectivity index (χ0n) is 6.30. The molecule has 0 spiro atoms. The molecule has 0 saturated heterocycles. The van der Waals surface area contributed by atoms with Crippen molar-refractivity contribution in [2.75, 3.05) is 0 Å². The molecule has 0 N–H and O–H groups in total. The summed E-state index contributed by atoms with van der Waals surface area (Å²) in [5, 5.41) is 10.3. The molecule has 0 radical (unpaired) electrons. The van der Waals surface area contributed by atoms with Gasteiger partial charge in [-0.2, -0.15) is 17.6 Å². The van der Waals surface area contributed by atoms with Crippen LogP contribution in [-0.4, -0.2) is 23.0 Å². The molecule has 0 saturated carbocycles. The number of hydrogen-bond donors (Lipinski definition) is 0. The van der Waals surface area contributed by atoms with Crippen LogP contribution in [0.2, 0.25) is 0 Å². The maximum atomic E-state index is 12.5. The summed E-state index contributed by atoms with van der Waals surface area (Å²) in [6.07, 6.45) is -6.50. The lowest BCUT2D eigenvalue weighted by Crippen LogP contribution is -2.60. The molecule has 1 atom stereocenters. The Morgan fingerprint density at radius 2 is 1.53 bits per heavy atom. The molecule has 0 aliphatic carbocycles. The van der Waals surface area contributed by atoms with Gasteiger partial charge in [-0.25, -0.2) is 0 Å². The monoisotopic (exact) mass is 242 g/mol. The highest BCUT2D eigenvalue weighted by Gasteiger charge is 2.84. The Balaban J connectivity index is 5.49. The number of nitro groups is 1. The van der Waals surface area contributed by atoms with Crippen molar-refractivity contribution in [1.82, 2.24) is 0 Å². The van der Waals surface area contributed by atoms with E-state index in [-0.39, 0.29) is 0 Å². The summed E-state index contributed by atoms with van der Waals surface area (Å²) in [4.78, 5) is 18.0. The van der Waals surface area contributed by atoms with Gasteiger partial charge < -0.3 is 0 Å². The summed E-state index contributed by atoms with van der Waals surface area (Å²) in [7, 11) is 0. The quantitative estimate of drug-likeness (QED) is 0.247. The van der Waals surface area contributed by atoms with E-state index in [1.54, 1.807) is 0 Å². The molecule has 88 valence electrons. The molecule has 0 aromatic rings. The van der Waals surface area contributed by atoms with Crippen molar-refractivity contribution in [3.8, 4) is 0 Å². The Bertz CT molecular complexity index is 278. The Kier molecular flexibility index (Phi) is 3.13. The number of halogens is 6. The van der Waals surface area contributed by atoms with Gasteiger partial charge in [0.15, 0.2) is 5.34 Å². The summed E-state index contributed by atoms with van der Waals surface area (Å²) in [6.45, 7) is 0. The Morgan fingerprint density at radius 3 is 1.73 bits per heavy atom. The molecule has 12 heteroatoms. The van der Waals surface area contributed by atoms with E-state index in [2.05, 4.69) is 4.84 Å². The molecule has 0 aliphatic rings. The highest BCUT2D eigenvalue weighted by molar-refractivity contribution is 4.85. The topological polar surface area (TPSA) is 81.8 Å². The minimum absolute atomic E-state index is 0.793. The van der Waals surface area contributed by atoms with E-state index in [1.165, 1.54) is 0 Å². The van der Waals surface area contributed by atoms with Gasteiger partial charge in [0.2, 0.25) is 0 Å². The van der Waals surface area contributed by atoms with Gasteiger partial charge in [0.1, 0.15) is 4.92 Å². The average Bonchev–Trinajstić information content (AvgIpc) is 2.01. The van der Waals surface area contributed by atoms with Crippen LogP contribution in [-0.2, 0) is 4.84 Å². The van der Waals surface area contributed by atoms with E-state index >= 15 is 0 Å². The third-order valence-corrected chi connectivity index (χ3v) is 1.14. The van der Waals surface area contributed by atoms with Crippen LogP contribution in [0.1, 0.15) is 0 Å². The third kappa shape index (κ3) is 1.92. The second-order valence-corrected chi connectivity index (χ2v) is 2.06. The molecular weight excluding hydrogens is 242 g/mol. The molecule has 6 nitrogen and oxygen atoms in total. The molecule has 0 rings (SSSR count). The van der Waals surface area contributed by atoms with Crippen LogP contribution in [0.15, 0.2) is 5.34 Å². The van der Waals surface area contributed by atoms with Gasteiger partial charge >= 0.3 is 18.1 Å². The van der Waals surface area contributed by atoms with E-state index in [0.717, 1.165) is 5.34 Å². The first kappa shape index (κ1) is 13.4. The zero-order chi connectivity index (χ0) is 12.5. The largest absolute Gasteiger partial charge is 0.595 e. The maximum Gasteiger partial charge on any atom is 0.595 e. The summed E-state index contributed by atoms with van der Waals surface area (Å²) < 4.78 is 71.8. The fourth-order valence-electron chi connectivity index (χ4n) is 0.446. The smallest absolute Gasteiger partial charge is 0.298 e. The van der Waals surface area contributed by atoms with E-state index < -0.39 is 23.0 Å². The van der Waals surface area contributed by atoms with Crippen molar-refractivity contribution >= 4 is 0 Å². The van der Waals surface area contributed by atoms with Gasteiger partial charge in [0.25, 0.3) is 0 Å². The molecule has 0 heterocycles. The standard InChI is InChI=1S/C3F6N2O4/c4-1(15-10-12,2(5,6)7)3(8,9)11(13)14. The number of nitrogens with zero attached hydrogens (tertiary/aromatic N) is 2. The Hall–Kier alpha value is -1.62. The first-order chi connectivity index (χ1) is 6.50. The molecular formula is C3F6N2O4. The summed E-state index contributed by atoms with van der Waals surface area (Å²) >= 11 is 0. The van der Waals surface area contributed by atoms with E-state index in [0.29, 0.717) is 0 Å². The Labute approximate surface area is 75.9 Å². The van der Waals surface area contributed by atoms with Crippen molar-refractivity contribution in [1.29, 1.82) is 0 Å². The van der Waals surface area contributed by atoms with Gasteiger partial charge in [0, 0.05) is 0 Å². The molecule has 1 unspecified atom stereocenters.